The maximum atomic E-state index is 15.0. The summed E-state index contributed by atoms with van der Waals surface area (Å²) in [6.07, 6.45) is 5.27. The molecule has 1 aliphatic carbocycles. The van der Waals surface area contributed by atoms with E-state index in [-0.39, 0.29) is 41.6 Å². The molecule has 4 rings (SSSR count). The standard InChI is InChI=1S/C26H30ClFN4O3/c1-14(13-33)25-20-9-18(10-22(28)24(20)31-32(25)3)19-11-23(29-12-21(19)27)30-26(35)17-6-4-5-16(8-17)7-15(2)34/h9-12,14,16-17,33H,4-8,13H2,1-3H3,(H,29,30,35)/t14?,16-,17-/m0/s1. The zero-order chi connectivity index (χ0) is 25.3. The molecule has 7 nitrogen and oxygen atoms in total. The number of aromatic nitrogens is 3. The molecule has 1 fully saturated rings. The topological polar surface area (TPSA) is 97.1 Å². The molecule has 0 spiro atoms. The minimum absolute atomic E-state index is 0.0961. The molecule has 0 saturated heterocycles. The maximum Gasteiger partial charge on any atom is 0.228 e. The predicted octanol–water partition coefficient (Wildman–Crippen LogP) is 5.25. The van der Waals surface area contributed by atoms with Crippen LogP contribution in [0.25, 0.3) is 22.0 Å². The van der Waals surface area contributed by atoms with Crippen LogP contribution in [0.1, 0.15) is 57.6 Å². The number of rotatable bonds is 7. The Labute approximate surface area is 208 Å². The Bertz CT molecular complexity index is 1280. The van der Waals surface area contributed by atoms with Crippen molar-refractivity contribution in [2.24, 2.45) is 18.9 Å². The van der Waals surface area contributed by atoms with Gasteiger partial charge >= 0.3 is 0 Å². The number of Topliss-reactive ketones (excluding diaryl/α,β-unsaturated/α-hetero) is 1. The zero-order valence-corrected chi connectivity index (χ0v) is 20.9. The maximum absolute atomic E-state index is 15.0. The molecule has 3 atom stereocenters. The summed E-state index contributed by atoms with van der Waals surface area (Å²) >= 11 is 6.43. The first-order valence-electron chi connectivity index (χ1n) is 11.9. The molecular formula is C26H30ClFN4O3. The molecule has 1 aliphatic rings. The molecule has 2 heterocycles. The van der Waals surface area contributed by atoms with E-state index in [1.165, 1.54) is 12.3 Å². The Kier molecular flexibility index (Phi) is 7.52. The highest BCUT2D eigenvalue weighted by Gasteiger charge is 2.28. The molecule has 3 aromatic rings. The van der Waals surface area contributed by atoms with Crippen molar-refractivity contribution in [1.29, 1.82) is 0 Å². The van der Waals surface area contributed by atoms with Crippen molar-refractivity contribution < 1.29 is 19.1 Å². The Morgan fingerprint density at radius 3 is 2.80 bits per heavy atom. The summed E-state index contributed by atoms with van der Waals surface area (Å²) in [5, 5.41) is 17.7. The Morgan fingerprint density at radius 1 is 1.31 bits per heavy atom. The monoisotopic (exact) mass is 500 g/mol. The molecule has 1 saturated carbocycles. The second-order valence-corrected chi connectivity index (χ2v) is 10.0. The van der Waals surface area contributed by atoms with Crippen LogP contribution in [0.5, 0.6) is 0 Å². The fourth-order valence-electron chi connectivity index (χ4n) is 5.18. The Balaban J connectivity index is 1.62. The molecule has 0 bridgehead atoms. The van der Waals surface area contributed by atoms with Crippen LogP contribution in [0.2, 0.25) is 5.02 Å². The van der Waals surface area contributed by atoms with Crippen LogP contribution >= 0.6 is 11.6 Å². The largest absolute Gasteiger partial charge is 0.396 e. The van der Waals surface area contributed by atoms with Crippen molar-refractivity contribution in [2.75, 3.05) is 11.9 Å². The van der Waals surface area contributed by atoms with Crippen LogP contribution in [0.4, 0.5) is 10.2 Å². The number of halogens is 2. The number of pyridine rings is 1. The van der Waals surface area contributed by atoms with Crippen LogP contribution in [-0.4, -0.2) is 38.2 Å². The van der Waals surface area contributed by atoms with Gasteiger partial charge in [-0.05, 0) is 55.9 Å². The number of hydrogen-bond donors (Lipinski definition) is 2. The van der Waals surface area contributed by atoms with Crippen LogP contribution in [-0.2, 0) is 16.6 Å². The lowest BCUT2D eigenvalue weighted by molar-refractivity contribution is -0.123. The van der Waals surface area contributed by atoms with E-state index in [9.17, 15) is 14.7 Å². The third-order valence-corrected chi connectivity index (χ3v) is 7.13. The summed E-state index contributed by atoms with van der Waals surface area (Å²) in [7, 11) is 1.72. The van der Waals surface area contributed by atoms with Crippen LogP contribution in [0, 0.1) is 17.7 Å². The molecule has 2 N–H and O–H groups in total. The SMILES string of the molecule is CC(=O)C[C@@H]1CCC[C@H](C(=O)Nc2cc(-c3cc(F)c4nn(C)c(C(C)CO)c4c3)c(Cl)cn2)C1. The van der Waals surface area contributed by atoms with Crippen molar-refractivity contribution in [1.82, 2.24) is 14.8 Å². The second-order valence-electron chi connectivity index (χ2n) is 9.62. The van der Waals surface area contributed by atoms with E-state index in [0.29, 0.717) is 40.2 Å². The van der Waals surface area contributed by atoms with E-state index < -0.39 is 5.82 Å². The number of benzene rings is 1. The number of amides is 1. The molecule has 2 aromatic heterocycles. The first kappa shape index (κ1) is 25.3. The molecule has 9 heteroatoms. The molecule has 1 unspecified atom stereocenters. The van der Waals surface area contributed by atoms with E-state index in [4.69, 9.17) is 11.6 Å². The van der Waals surface area contributed by atoms with Crippen LogP contribution < -0.4 is 5.32 Å². The third kappa shape index (κ3) is 5.38. The molecular weight excluding hydrogens is 471 g/mol. The van der Waals surface area contributed by atoms with Gasteiger partial charge in [0, 0.05) is 42.5 Å². The normalized spacial score (nSPS) is 19.0. The number of aryl methyl sites for hydroxylation is 1. The van der Waals surface area contributed by atoms with Gasteiger partial charge in [-0.2, -0.15) is 5.10 Å². The van der Waals surface area contributed by atoms with Crippen molar-refractivity contribution in [3.8, 4) is 11.1 Å². The summed E-state index contributed by atoms with van der Waals surface area (Å²) in [4.78, 5) is 28.7. The van der Waals surface area contributed by atoms with E-state index >= 15 is 4.39 Å². The van der Waals surface area contributed by atoms with Gasteiger partial charge in [-0.1, -0.05) is 24.9 Å². The number of carbonyl (C=O) groups is 2. The Morgan fingerprint density at radius 2 is 2.09 bits per heavy atom. The van der Waals surface area contributed by atoms with Gasteiger partial charge < -0.3 is 15.2 Å². The number of carbonyl (C=O) groups excluding carboxylic acids is 2. The van der Waals surface area contributed by atoms with Gasteiger partial charge in [-0.15, -0.1) is 0 Å². The number of nitrogens with one attached hydrogen (secondary N) is 1. The molecule has 35 heavy (non-hydrogen) atoms. The van der Waals surface area contributed by atoms with Crippen molar-refractivity contribution in [2.45, 2.75) is 51.9 Å². The van der Waals surface area contributed by atoms with Gasteiger partial charge in [0.15, 0.2) is 5.82 Å². The van der Waals surface area contributed by atoms with Gasteiger partial charge in [-0.25, -0.2) is 9.37 Å². The van der Waals surface area contributed by atoms with E-state index in [1.54, 1.807) is 30.8 Å². The fraction of sp³-hybridized carbons (Fsp3) is 0.462. The lowest BCUT2D eigenvalue weighted by Crippen LogP contribution is -2.29. The summed E-state index contributed by atoms with van der Waals surface area (Å²) in [6, 6.07) is 4.80. The highest BCUT2D eigenvalue weighted by atomic mass is 35.5. The van der Waals surface area contributed by atoms with E-state index in [0.717, 1.165) is 25.0 Å². The minimum Gasteiger partial charge on any atom is -0.396 e. The number of fused-ring (bicyclic) bond motifs is 1. The Hall–Kier alpha value is -2.84. The molecule has 1 aromatic carbocycles. The van der Waals surface area contributed by atoms with Crippen LogP contribution in [0.3, 0.4) is 0 Å². The highest BCUT2D eigenvalue weighted by Crippen LogP contribution is 2.36. The van der Waals surface area contributed by atoms with Crippen molar-refractivity contribution in [3.63, 3.8) is 0 Å². The quantitative estimate of drug-likeness (QED) is 0.462. The van der Waals surface area contributed by atoms with Crippen molar-refractivity contribution >= 4 is 40.0 Å². The smallest absolute Gasteiger partial charge is 0.228 e. The highest BCUT2D eigenvalue weighted by molar-refractivity contribution is 6.33. The third-order valence-electron chi connectivity index (χ3n) is 6.83. The van der Waals surface area contributed by atoms with Gasteiger partial charge in [0.2, 0.25) is 5.91 Å². The van der Waals surface area contributed by atoms with Gasteiger partial charge in [0.1, 0.15) is 17.1 Å². The van der Waals surface area contributed by atoms with Gasteiger partial charge in [-0.3, -0.25) is 9.48 Å². The predicted molar refractivity (Wildman–Crippen MR) is 134 cm³/mol. The lowest BCUT2D eigenvalue weighted by Gasteiger charge is -2.27. The lowest BCUT2D eigenvalue weighted by atomic mass is 9.79. The number of ketones is 1. The first-order chi connectivity index (χ1) is 16.7. The van der Waals surface area contributed by atoms with Crippen LogP contribution in [0.15, 0.2) is 24.4 Å². The summed E-state index contributed by atoms with van der Waals surface area (Å²) in [5.74, 6) is -0.331. The molecule has 0 radical (unpaired) electrons. The van der Waals surface area contributed by atoms with E-state index in [1.807, 2.05) is 6.92 Å². The van der Waals surface area contributed by atoms with Gasteiger partial charge in [0.05, 0.1) is 17.3 Å². The van der Waals surface area contributed by atoms with Crippen molar-refractivity contribution in [3.05, 3.63) is 40.9 Å². The number of aliphatic hydroxyl groups excluding tert-OH is 1. The summed E-state index contributed by atoms with van der Waals surface area (Å²) in [6.45, 7) is 3.34. The molecule has 1 amide bonds. The zero-order valence-electron chi connectivity index (χ0n) is 20.1. The second kappa shape index (κ2) is 10.4. The number of nitrogens with zero attached hydrogens (tertiary/aromatic N) is 3. The summed E-state index contributed by atoms with van der Waals surface area (Å²) < 4.78 is 16.6. The molecule has 186 valence electrons. The number of aliphatic hydroxyl groups is 1. The first-order valence-corrected chi connectivity index (χ1v) is 12.3. The average Bonchev–Trinajstić information content (AvgIpc) is 3.16. The average molecular weight is 501 g/mol. The van der Waals surface area contributed by atoms with Gasteiger partial charge in [0.25, 0.3) is 0 Å². The summed E-state index contributed by atoms with van der Waals surface area (Å²) in [5.41, 5.74) is 2.00. The van der Waals surface area contributed by atoms with E-state index in [2.05, 4.69) is 15.4 Å². The fourth-order valence-corrected chi connectivity index (χ4v) is 5.39. The minimum atomic E-state index is -0.498. The molecule has 0 aliphatic heterocycles. The number of hydrogen-bond acceptors (Lipinski definition) is 5. The number of anilines is 1.